The fourth-order valence-electron chi connectivity index (χ4n) is 1.92. The summed E-state index contributed by atoms with van der Waals surface area (Å²) in [6.45, 7) is 7.95. The molecule has 5 nitrogen and oxygen atoms in total. The van der Waals surface area contributed by atoms with Crippen LogP contribution < -0.4 is 10.6 Å². The van der Waals surface area contributed by atoms with Crippen LogP contribution in [0.1, 0.15) is 33.6 Å². The van der Waals surface area contributed by atoms with E-state index in [2.05, 4.69) is 10.6 Å². The van der Waals surface area contributed by atoms with Crippen LogP contribution in [0.2, 0.25) is 0 Å². The number of nitrogens with one attached hydrogen (secondary N) is 2. The number of rotatable bonds is 4. The third-order valence-corrected chi connectivity index (χ3v) is 2.89. The van der Waals surface area contributed by atoms with Gasteiger partial charge >= 0.3 is 6.09 Å². The van der Waals surface area contributed by atoms with Gasteiger partial charge in [-0.1, -0.05) is 0 Å². The second kappa shape index (κ2) is 5.69. The van der Waals surface area contributed by atoms with Gasteiger partial charge in [0.05, 0.1) is 5.60 Å². The van der Waals surface area contributed by atoms with Crippen LogP contribution in [0.4, 0.5) is 4.79 Å². The van der Waals surface area contributed by atoms with Crippen LogP contribution in [0.15, 0.2) is 0 Å². The van der Waals surface area contributed by atoms with E-state index >= 15 is 0 Å². The monoisotopic (exact) mass is 244 g/mol. The summed E-state index contributed by atoms with van der Waals surface area (Å²) < 4.78 is 10.7. The molecule has 1 aliphatic rings. The van der Waals surface area contributed by atoms with Crippen LogP contribution in [0.25, 0.3) is 0 Å². The number of carbonyl (C=O) groups is 1. The number of hydrogen-bond acceptors (Lipinski definition) is 4. The molecule has 2 N–H and O–H groups in total. The van der Waals surface area contributed by atoms with E-state index in [0.29, 0.717) is 6.54 Å². The molecule has 1 aliphatic heterocycles. The lowest BCUT2D eigenvalue weighted by Gasteiger charge is -2.27. The van der Waals surface area contributed by atoms with Crippen molar-refractivity contribution in [2.45, 2.75) is 44.8 Å². The van der Waals surface area contributed by atoms with Crippen molar-refractivity contribution in [1.82, 2.24) is 10.6 Å². The van der Waals surface area contributed by atoms with Gasteiger partial charge in [-0.25, -0.2) is 4.79 Å². The normalized spacial score (nSPS) is 24.7. The average molecular weight is 244 g/mol. The molecule has 100 valence electrons. The van der Waals surface area contributed by atoms with Crippen LogP contribution in [-0.2, 0) is 9.47 Å². The number of methoxy groups -OCH3 is 1. The minimum Gasteiger partial charge on any atom is -0.444 e. The van der Waals surface area contributed by atoms with Gasteiger partial charge in [-0.3, -0.25) is 0 Å². The Morgan fingerprint density at radius 3 is 2.65 bits per heavy atom. The summed E-state index contributed by atoms with van der Waals surface area (Å²) in [6.07, 6.45) is 1.42. The van der Waals surface area contributed by atoms with Gasteiger partial charge in [-0.15, -0.1) is 0 Å². The summed E-state index contributed by atoms with van der Waals surface area (Å²) in [5.74, 6) is 0. The standard InChI is InChI=1S/C12H24N2O3/c1-11(2,3)17-10(15)14-8-6-12(16-4)5-7-13-9-12/h13H,5-9H2,1-4H3,(H,14,15). The van der Waals surface area contributed by atoms with Gasteiger partial charge in [0.1, 0.15) is 5.60 Å². The van der Waals surface area contributed by atoms with Gasteiger partial charge in [0.2, 0.25) is 0 Å². The predicted octanol–water partition coefficient (Wildman–Crippen LogP) is 1.28. The molecule has 0 radical (unpaired) electrons. The summed E-state index contributed by atoms with van der Waals surface area (Å²) in [6, 6.07) is 0. The highest BCUT2D eigenvalue weighted by Crippen LogP contribution is 2.22. The summed E-state index contributed by atoms with van der Waals surface area (Å²) in [7, 11) is 1.72. The topological polar surface area (TPSA) is 59.6 Å². The molecule has 1 heterocycles. The Hall–Kier alpha value is -0.810. The summed E-state index contributed by atoms with van der Waals surface area (Å²) in [5.41, 5.74) is -0.576. The van der Waals surface area contributed by atoms with Gasteiger partial charge in [0, 0.05) is 20.2 Å². The molecule has 1 amide bonds. The molecule has 0 saturated carbocycles. The smallest absolute Gasteiger partial charge is 0.407 e. The molecule has 0 aromatic carbocycles. The zero-order valence-corrected chi connectivity index (χ0v) is 11.3. The first-order valence-electron chi connectivity index (χ1n) is 6.10. The SMILES string of the molecule is COC1(CCNC(=O)OC(C)(C)C)CCNC1. The highest BCUT2D eigenvalue weighted by Gasteiger charge is 2.33. The summed E-state index contributed by atoms with van der Waals surface area (Å²) in [5, 5.41) is 6.03. The minimum absolute atomic E-state index is 0.130. The van der Waals surface area contributed by atoms with Crippen LogP contribution in [-0.4, -0.2) is 44.0 Å². The quantitative estimate of drug-likeness (QED) is 0.782. The van der Waals surface area contributed by atoms with Crippen molar-refractivity contribution in [1.29, 1.82) is 0 Å². The third-order valence-electron chi connectivity index (χ3n) is 2.89. The van der Waals surface area contributed by atoms with E-state index in [1.807, 2.05) is 20.8 Å². The number of hydrogen-bond donors (Lipinski definition) is 2. The summed E-state index contributed by atoms with van der Waals surface area (Å²) in [4.78, 5) is 11.4. The molecule has 0 spiro atoms. The average Bonchev–Trinajstić information content (AvgIpc) is 2.64. The number of alkyl carbamates (subject to hydrolysis) is 1. The largest absolute Gasteiger partial charge is 0.444 e. The zero-order valence-electron chi connectivity index (χ0n) is 11.3. The zero-order chi connectivity index (χ0) is 12.9. The molecule has 0 aliphatic carbocycles. The first kappa shape index (κ1) is 14.3. The van der Waals surface area contributed by atoms with Crippen LogP contribution in [0.3, 0.4) is 0 Å². The second-order valence-electron chi connectivity index (χ2n) is 5.49. The maximum absolute atomic E-state index is 11.4. The molecule has 0 bridgehead atoms. The Labute approximate surface area is 103 Å². The third kappa shape index (κ3) is 4.91. The van der Waals surface area contributed by atoms with Crippen molar-refractivity contribution < 1.29 is 14.3 Å². The molecule has 17 heavy (non-hydrogen) atoms. The highest BCUT2D eigenvalue weighted by molar-refractivity contribution is 5.67. The van der Waals surface area contributed by atoms with E-state index in [-0.39, 0.29) is 11.7 Å². The van der Waals surface area contributed by atoms with Crippen molar-refractivity contribution in [2.24, 2.45) is 0 Å². The van der Waals surface area contributed by atoms with Gasteiger partial charge in [-0.05, 0) is 40.2 Å². The fourth-order valence-corrected chi connectivity index (χ4v) is 1.92. The fraction of sp³-hybridized carbons (Fsp3) is 0.917. The Morgan fingerprint density at radius 1 is 1.47 bits per heavy atom. The molecule has 5 heteroatoms. The molecule has 0 aromatic heterocycles. The second-order valence-corrected chi connectivity index (χ2v) is 5.49. The Bertz CT molecular complexity index is 255. The van der Waals surface area contributed by atoms with E-state index < -0.39 is 5.60 Å². The number of amides is 1. The van der Waals surface area contributed by atoms with E-state index in [0.717, 1.165) is 25.9 Å². The van der Waals surface area contributed by atoms with Crippen molar-refractivity contribution >= 4 is 6.09 Å². The molecule has 1 fully saturated rings. The van der Waals surface area contributed by atoms with Crippen molar-refractivity contribution in [3.8, 4) is 0 Å². The van der Waals surface area contributed by atoms with Gasteiger partial charge in [0.25, 0.3) is 0 Å². The lowest BCUT2D eigenvalue weighted by molar-refractivity contribution is -0.000486. The maximum atomic E-state index is 11.4. The lowest BCUT2D eigenvalue weighted by atomic mass is 9.99. The van der Waals surface area contributed by atoms with E-state index in [4.69, 9.17) is 9.47 Å². The van der Waals surface area contributed by atoms with Crippen LogP contribution in [0.5, 0.6) is 0 Å². The minimum atomic E-state index is -0.446. The van der Waals surface area contributed by atoms with Gasteiger partial charge in [0.15, 0.2) is 0 Å². The van der Waals surface area contributed by atoms with E-state index in [9.17, 15) is 4.79 Å². The lowest BCUT2D eigenvalue weighted by Crippen LogP contribution is -2.40. The van der Waals surface area contributed by atoms with Crippen LogP contribution >= 0.6 is 0 Å². The Balaban J connectivity index is 2.25. The Morgan fingerprint density at radius 2 is 2.18 bits per heavy atom. The molecule has 1 rings (SSSR count). The highest BCUT2D eigenvalue weighted by atomic mass is 16.6. The first-order chi connectivity index (χ1) is 7.87. The predicted molar refractivity (Wildman–Crippen MR) is 66.1 cm³/mol. The van der Waals surface area contributed by atoms with Crippen molar-refractivity contribution in [3.05, 3.63) is 0 Å². The van der Waals surface area contributed by atoms with E-state index in [1.165, 1.54) is 0 Å². The molecule has 1 saturated heterocycles. The molecule has 1 unspecified atom stereocenters. The van der Waals surface area contributed by atoms with Crippen molar-refractivity contribution in [3.63, 3.8) is 0 Å². The molecule has 0 aromatic rings. The van der Waals surface area contributed by atoms with Crippen molar-refractivity contribution in [2.75, 3.05) is 26.7 Å². The first-order valence-corrected chi connectivity index (χ1v) is 6.10. The van der Waals surface area contributed by atoms with E-state index in [1.54, 1.807) is 7.11 Å². The molecular formula is C12H24N2O3. The van der Waals surface area contributed by atoms with Gasteiger partial charge in [-0.2, -0.15) is 0 Å². The molecule has 1 atom stereocenters. The number of carbonyl (C=O) groups excluding carboxylic acids is 1. The summed E-state index contributed by atoms with van der Waals surface area (Å²) >= 11 is 0. The maximum Gasteiger partial charge on any atom is 0.407 e. The van der Waals surface area contributed by atoms with Gasteiger partial charge < -0.3 is 20.1 Å². The Kier molecular flexibility index (Phi) is 4.77. The molecular weight excluding hydrogens is 220 g/mol. The van der Waals surface area contributed by atoms with Crippen LogP contribution in [0, 0.1) is 0 Å². The number of ether oxygens (including phenoxy) is 2.